The van der Waals surface area contributed by atoms with Crippen molar-refractivity contribution in [2.45, 2.75) is 20.8 Å². The number of esters is 2. The van der Waals surface area contributed by atoms with Gasteiger partial charge in [-0.05, 0) is 56.2 Å². The van der Waals surface area contributed by atoms with Crippen molar-refractivity contribution in [1.29, 1.82) is 5.26 Å². The first-order valence-corrected chi connectivity index (χ1v) is 9.49. The van der Waals surface area contributed by atoms with E-state index in [4.69, 9.17) is 14.2 Å². The summed E-state index contributed by atoms with van der Waals surface area (Å²) in [4.78, 5) is 24.0. The summed E-state index contributed by atoms with van der Waals surface area (Å²) < 4.78 is 15.8. The van der Waals surface area contributed by atoms with Crippen molar-refractivity contribution < 1.29 is 23.8 Å². The van der Waals surface area contributed by atoms with Crippen LogP contribution in [0.4, 0.5) is 0 Å². The van der Waals surface area contributed by atoms with Crippen LogP contribution in [0.1, 0.15) is 30.5 Å². The predicted octanol–water partition coefficient (Wildman–Crippen LogP) is 4.48. The molecule has 2 rings (SSSR count). The lowest BCUT2D eigenvalue weighted by Gasteiger charge is -2.10. The maximum atomic E-state index is 12.2. The van der Waals surface area contributed by atoms with E-state index < -0.39 is 11.9 Å². The monoisotopic (exact) mass is 405 g/mol. The maximum absolute atomic E-state index is 12.2. The van der Waals surface area contributed by atoms with E-state index in [1.807, 2.05) is 37.3 Å². The third-order valence-electron chi connectivity index (χ3n) is 3.89. The van der Waals surface area contributed by atoms with Crippen LogP contribution < -0.4 is 9.47 Å². The summed E-state index contributed by atoms with van der Waals surface area (Å²) in [5, 5.41) is 9.17. The van der Waals surface area contributed by atoms with E-state index in [-0.39, 0.29) is 17.9 Å². The van der Waals surface area contributed by atoms with E-state index in [0.717, 1.165) is 11.1 Å². The Morgan fingerprint density at radius 1 is 1.00 bits per heavy atom. The standard InChI is InChI=1S/C24H23NO5/c1-4-28-22-15-19(14-20(16-25)24(27)29-5-2)10-12-21(22)30-23(26)13-11-18-8-6-17(3)7-9-18/h6-15H,4-5H2,1-3H3/b13-11+,20-14+. The molecule has 0 unspecified atom stereocenters. The quantitative estimate of drug-likeness (QED) is 0.279. The Hall–Kier alpha value is -3.85. The summed E-state index contributed by atoms with van der Waals surface area (Å²) in [6.45, 7) is 5.97. The minimum absolute atomic E-state index is 0.134. The van der Waals surface area contributed by atoms with Crippen LogP contribution in [0.25, 0.3) is 12.2 Å². The number of carbonyl (C=O) groups is 2. The SMILES string of the molecule is CCOC(=O)/C(C#N)=C/c1ccc(OC(=O)/C=C/c2ccc(C)cc2)c(OCC)c1. The number of hydrogen-bond donors (Lipinski definition) is 0. The number of hydrogen-bond acceptors (Lipinski definition) is 6. The fourth-order valence-electron chi connectivity index (χ4n) is 2.46. The number of nitriles is 1. The molecule has 0 amide bonds. The van der Waals surface area contributed by atoms with E-state index in [9.17, 15) is 14.9 Å². The Morgan fingerprint density at radius 2 is 1.70 bits per heavy atom. The lowest BCUT2D eigenvalue weighted by atomic mass is 10.1. The lowest BCUT2D eigenvalue weighted by Crippen LogP contribution is -2.07. The van der Waals surface area contributed by atoms with Crippen molar-refractivity contribution in [1.82, 2.24) is 0 Å². The smallest absolute Gasteiger partial charge is 0.348 e. The zero-order valence-corrected chi connectivity index (χ0v) is 17.2. The second-order valence-electron chi connectivity index (χ2n) is 6.19. The lowest BCUT2D eigenvalue weighted by molar-refractivity contribution is -0.138. The van der Waals surface area contributed by atoms with Gasteiger partial charge in [-0.2, -0.15) is 5.26 Å². The third kappa shape index (κ3) is 6.64. The van der Waals surface area contributed by atoms with Gasteiger partial charge in [-0.25, -0.2) is 9.59 Å². The van der Waals surface area contributed by atoms with Crippen LogP contribution in [0, 0.1) is 18.3 Å². The van der Waals surface area contributed by atoms with E-state index in [1.165, 1.54) is 12.2 Å². The number of ether oxygens (including phenoxy) is 3. The fraction of sp³-hybridized carbons (Fsp3) is 0.208. The molecule has 2 aromatic carbocycles. The molecule has 0 aliphatic carbocycles. The Labute approximate surface area is 176 Å². The molecule has 0 saturated heterocycles. The van der Waals surface area contributed by atoms with E-state index in [1.54, 1.807) is 38.1 Å². The minimum atomic E-state index is -0.699. The second kappa shape index (κ2) is 11.2. The van der Waals surface area contributed by atoms with Crippen LogP contribution in [-0.4, -0.2) is 25.2 Å². The highest BCUT2D eigenvalue weighted by molar-refractivity contribution is 5.98. The van der Waals surface area contributed by atoms with Crippen LogP contribution in [0.2, 0.25) is 0 Å². The molecule has 0 N–H and O–H groups in total. The minimum Gasteiger partial charge on any atom is -0.490 e. The van der Waals surface area contributed by atoms with Crippen molar-refractivity contribution in [3.8, 4) is 17.6 Å². The van der Waals surface area contributed by atoms with Crippen LogP contribution >= 0.6 is 0 Å². The summed E-state index contributed by atoms with van der Waals surface area (Å²) in [5.41, 5.74) is 2.42. The number of aryl methyl sites for hydroxylation is 1. The highest BCUT2D eigenvalue weighted by Crippen LogP contribution is 2.29. The molecule has 6 heteroatoms. The van der Waals surface area contributed by atoms with Gasteiger partial charge in [-0.15, -0.1) is 0 Å². The molecule has 2 aromatic rings. The van der Waals surface area contributed by atoms with Crippen LogP contribution in [0.3, 0.4) is 0 Å². The van der Waals surface area contributed by atoms with Gasteiger partial charge >= 0.3 is 11.9 Å². The Bertz CT molecular complexity index is 997. The van der Waals surface area contributed by atoms with Gasteiger partial charge in [0.15, 0.2) is 11.5 Å². The molecule has 154 valence electrons. The molecule has 0 radical (unpaired) electrons. The molecule has 0 saturated carbocycles. The third-order valence-corrected chi connectivity index (χ3v) is 3.89. The molecule has 0 spiro atoms. The summed E-state index contributed by atoms with van der Waals surface area (Å²) in [7, 11) is 0. The van der Waals surface area contributed by atoms with Gasteiger partial charge in [0.1, 0.15) is 11.6 Å². The summed E-state index contributed by atoms with van der Waals surface area (Å²) in [5.74, 6) is -0.689. The maximum Gasteiger partial charge on any atom is 0.348 e. The van der Waals surface area contributed by atoms with Crippen molar-refractivity contribution in [3.05, 3.63) is 70.8 Å². The molecule has 0 aliphatic heterocycles. The number of rotatable bonds is 8. The van der Waals surface area contributed by atoms with Gasteiger partial charge in [-0.1, -0.05) is 35.9 Å². The largest absolute Gasteiger partial charge is 0.490 e. The second-order valence-corrected chi connectivity index (χ2v) is 6.19. The first-order valence-electron chi connectivity index (χ1n) is 9.49. The molecule has 0 atom stereocenters. The van der Waals surface area contributed by atoms with Gasteiger partial charge in [-0.3, -0.25) is 0 Å². The molecule has 6 nitrogen and oxygen atoms in total. The molecule has 0 fully saturated rings. The van der Waals surface area contributed by atoms with Crippen molar-refractivity contribution in [3.63, 3.8) is 0 Å². The molecular formula is C24H23NO5. The highest BCUT2D eigenvalue weighted by atomic mass is 16.6. The van der Waals surface area contributed by atoms with Crippen molar-refractivity contribution >= 4 is 24.1 Å². The zero-order valence-electron chi connectivity index (χ0n) is 17.2. The Morgan fingerprint density at radius 3 is 2.33 bits per heavy atom. The first-order chi connectivity index (χ1) is 14.5. The Kier molecular flexibility index (Phi) is 8.40. The first kappa shape index (κ1) is 22.4. The number of benzene rings is 2. The molecular weight excluding hydrogens is 382 g/mol. The summed E-state index contributed by atoms with van der Waals surface area (Å²) in [6, 6.07) is 14.3. The van der Waals surface area contributed by atoms with Crippen LogP contribution in [-0.2, 0) is 14.3 Å². The fourth-order valence-corrected chi connectivity index (χ4v) is 2.46. The van der Waals surface area contributed by atoms with E-state index in [2.05, 4.69) is 0 Å². The van der Waals surface area contributed by atoms with E-state index in [0.29, 0.717) is 17.9 Å². The topological polar surface area (TPSA) is 85.6 Å². The molecule has 0 aromatic heterocycles. The normalized spacial score (nSPS) is 11.1. The zero-order chi connectivity index (χ0) is 21.9. The molecule has 30 heavy (non-hydrogen) atoms. The number of nitrogens with zero attached hydrogens (tertiary/aromatic N) is 1. The van der Waals surface area contributed by atoms with Gasteiger partial charge in [0.05, 0.1) is 13.2 Å². The van der Waals surface area contributed by atoms with Gasteiger partial charge < -0.3 is 14.2 Å². The van der Waals surface area contributed by atoms with Crippen LogP contribution in [0.15, 0.2) is 54.1 Å². The van der Waals surface area contributed by atoms with Gasteiger partial charge in [0.25, 0.3) is 0 Å². The van der Waals surface area contributed by atoms with Crippen LogP contribution in [0.5, 0.6) is 11.5 Å². The number of carbonyl (C=O) groups excluding carboxylic acids is 2. The predicted molar refractivity (Wildman–Crippen MR) is 114 cm³/mol. The highest BCUT2D eigenvalue weighted by Gasteiger charge is 2.13. The molecule has 0 heterocycles. The average Bonchev–Trinajstić information content (AvgIpc) is 2.73. The summed E-state index contributed by atoms with van der Waals surface area (Å²) >= 11 is 0. The van der Waals surface area contributed by atoms with Crippen molar-refractivity contribution in [2.75, 3.05) is 13.2 Å². The van der Waals surface area contributed by atoms with Gasteiger partial charge in [0.2, 0.25) is 0 Å². The molecule has 0 bridgehead atoms. The van der Waals surface area contributed by atoms with E-state index >= 15 is 0 Å². The molecule has 0 aliphatic rings. The average molecular weight is 405 g/mol. The summed E-state index contributed by atoms with van der Waals surface area (Å²) in [6.07, 6.45) is 4.39. The van der Waals surface area contributed by atoms with Crippen molar-refractivity contribution in [2.24, 2.45) is 0 Å². The van der Waals surface area contributed by atoms with Gasteiger partial charge in [0, 0.05) is 6.08 Å². The Balaban J connectivity index is 2.20.